The largest absolute Gasteiger partial charge is 0.478 e. The second-order valence-electron chi connectivity index (χ2n) is 4.38. The summed E-state index contributed by atoms with van der Waals surface area (Å²) >= 11 is 3.34. The number of nitrogens with one attached hydrogen (secondary N) is 1. The van der Waals surface area contributed by atoms with Gasteiger partial charge in [0, 0.05) is 16.2 Å². The Kier molecular flexibility index (Phi) is 4.23. The fourth-order valence-electron chi connectivity index (χ4n) is 1.80. The summed E-state index contributed by atoms with van der Waals surface area (Å²) in [6.07, 6.45) is 0. The number of carboxylic acid groups (broad SMARTS) is 1. The van der Waals surface area contributed by atoms with E-state index in [0.29, 0.717) is 5.69 Å². The summed E-state index contributed by atoms with van der Waals surface area (Å²) in [5.41, 5.74) is 1.45. The second kappa shape index (κ2) is 5.92. The topological polar surface area (TPSA) is 92.5 Å². The van der Waals surface area contributed by atoms with Crippen molar-refractivity contribution < 1.29 is 14.8 Å². The zero-order chi connectivity index (χ0) is 15.6. The van der Waals surface area contributed by atoms with Crippen LogP contribution in [0.5, 0.6) is 0 Å². The normalized spacial score (nSPS) is 10.2. The minimum absolute atomic E-state index is 0.127. The maximum Gasteiger partial charge on any atom is 0.335 e. The molecule has 2 N–H and O–H groups in total. The molecule has 0 saturated carbocycles. The van der Waals surface area contributed by atoms with Crippen LogP contribution in [-0.4, -0.2) is 16.0 Å². The number of halogens is 1. The van der Waals surface area contributed by atoms with Crippen molar-refractivity contribution in [3.63, 3.8) is 0 Å². The van der Waals surface area contributed by atoms with Crippen molar-refractivity contribution in [1.82, 2.24) is 0 Å². The van der Waals surface area contributed by atoms with Gasteiger partial charge < -0.3 is 10.4 Å². The quantitative estimate of drug-likeness (QED) is 0.639. The summed E-state index contributed by atoms with van der Waals surface area (Å²) in [5, 5.41) is 23.0. The Balaban J connectivity index is 2.46. The zero-order valence-electron chi connectivity index (χ0n) is 11.0. The third kappa shape index (κ3) is 3.38. The molecule has 0 aromatic heterocycles. The zero-order valence-corrected chi connectivity index (χ0v) is 12.5. The van der Waals surface area contributed by atoms with Gasteiger partial charge in [0.25, 0.3) is 5.69 Å². The number of aryl methyl sites for hydroxylation is 1. The molecule has 0 amide bonds. The number of nitrogens with zero attached hydrogens (tertiary/aromatic N) is 1. The van der Waals surface area contributed by atoms with E-state index in [0.717, 1.165) is 16.1 Å². The molecule has 0 unspecified atom stereocenters. The molecule has 0 fully saturated rings. The number of nitro groups is 1. The van der Waals surface area contributed by atoms with Gasteiger partial charge in [-0.2, -0.15) is 0 Å². The van der Waals surface area contributed by atoms with Gasteiger partial charge in [-0.05, 0) is 36.8 Å². The van der Waals surface area contributed by atoms with Gasteiger partial charge in [0.1, 0.15) is 5.69 Å². The van der Waals surface area contributed by atoms with E-state index >= 15 is 0 Å². The lowest BCUT2D eigenvalue weighted by Gasteiger charge is -2.11. The molecule has 0 heterocycles. The van der Waals surface area contributed by atoms with Crippen molar-refractivity contribution >= 4 is 39.0 Å². The summed E-state index contributed by atoms with van der Waals surface area (Å²) in [4.78, 5) is 21.4. The predicted octanol–water partition coefficient (Wildman–Crippen LogP) is 4.11. The third-order valence-electron chi connectivity index (χ3n) is 2.91. The summed E-state index contributed by atoms with van der Waals surface area (Å²) in [6.45, 7) is 1.87. The van der Waals surface area contributed by atoms with Crippen molar-refractivity contribution in [2.24, 2.45) is 0 Å². The standard InChI is InChI=1S/C14H11BrN2O4/c1-8-2-4-10(15)7-12(8)16-11-5-3-9(14(18)19)6-13(11)17(20)21/h2-7,16H,1H3,(H,18,19). The molecular formula is C14H11BrN2O4. The molecule has 0 saturated heterocycles. The lowest BCUT2D eigenvalue weighted by Crippen LogP contribution is -2.02. The summed E-state index contributed by atoms with van der Waals surface area (Å²) in [5.74, 6) is -1.21. The van der Waals surface area contributed by atoms with Crippen molar-refractivity contribution in [1.29, 1.82) is 0 Å². The first-order valence-corrected chi connectivity index (χ1v) is 6.72. The fourth-order valence-corrected chi connectivity index (χ4v) is 2.16. The van der Waals surface area contributed by atoms with Gasteiger partial charge >= 0.3 is 5.97 Å². The maximum absolute atomic E-state index is 11.1. The van der Waals surface area contributed by atoms with Gasteiger partial charge in [0.15, 0.2) is 0 Å². The van der Waals surface area contributed by atoms with Gasteiger partial charge in [0.2, 0.25) is 0 Å². The van der Waals surface area contributed by atoms with E-state index in [2.05, 4.69) is 21.2 Å². The Morgan fingerprint density at radius 2 is 1.95 bits per heavy atom. The number of anilines is 2. The lowest BCUT2D eigenvalue weighted by molar-refractivity contribution is -0.383. The lowest BCUT2D eigenvalue weighted by atomic mass is 10.1. The Hall–Kier alpha value is -2.41. The first-order chi connectivity index (χ1) is 9.88. The summed E-state index contributed by atoms with van der Waals surface area (Å²) in [7, 11) is 0. The molecule has 0 radical (unpaired) electrons. The molecule has 0 aliphatic heterocycles. The second-order valence-corrected chi connectivity index (χ2v) is 5.29. The van der Waals surface area contributed by atoms with Gasteiger partial charge in [-0.15, -0.1) is 0 Å². The first kappa shape index (κ1) is 15.0. The molecule has 2 aromatic carbocycles. The van der Waals surface area contributed by atoms with Crippen molar-refractivity contribution in [2.45, 2.75) is 6.92 Å². The molecule has 0 bridgehead atoms. The minimum atomic E-state index is -1.21. The Morgan fingerprint density at radius 3 is 2.57 bits per heavy atom. The molecule has 0 aliphatic carbocycles. The molecule has 2 rings (SSSR count). The molecule has 0 spiro atoms. The highest BCUT2D eigenvalue weighted by Crippen LogP contribution is 2.31. The predicted molar refractivity (Wildman–Crippen MR) is 82.2 cm³/mol. The molecule has 2 aromatic rings. The van der Waals surface area contributed by atoms with Crippen LogP contribution in [0.1, 0.15) is 15.9 Å². The van der Waals surface area contributed by atoms with Crippen LogP contribution in [0, 0.1) is 17.0 Å². The molecule has 6 nitrogen and oxygen atoms in total. The van der Waals surface area contributed by atoms with E-state index in [1.54, 1.807) is 6.07 Å². The van der Waals surface area contributed by atoms with Crippen LogP contribution in [0.15, 0.2) is 40.9 Å². The number of aromatic carboxylic acids is 1. The van der Waals surface area contributed by atoms with E-state index in [9.17, 15) is 14.9 Å². The Morgan fingerprint density at radius 1 is 1.24 bits per heavy atom. The smallest absolute Gasteiger partial charge is 0.335 e. The van der Waals surface area contributed by atoms with Gasteiger partial charge in [0.05, 0.1) is 10.5 Å². The Labute approximate surface area is 128 Å². The first-order valence-electron chi connectivity index (χ1n) is 5.93. The van der Waals surface area contributed by atoms with E-state index in [1.807, 2.05) is 19.1 Å². The van der Waals surface area contributed by atoms with Crippen LogP contribution in [0.25, 0.3) is 0 Å². The van der Waals surface area contributed by atoms with Gasteiger partial charge in [-0.3, -0.25) is 10.1 Å². The van der Waals surface area contributed by atoms with Crippen molar-refractivity contribution in [3.05, 3.63) is 62.1 Å². The maximum atomic E-state index is 11.1. The van der Waals surface area contributed by atoms with Crippen LogP contribution in [0.2, 0.25) is 0 Å². The SMILES string of the molecule is Cc1ccc(Br)cc1Nc1ccc(C(=O)O)cc1[N+](=O)[O-]. The highest BCUT2D eigenvalue weighted by molar-refractivity contribution is 9.10. The highest BCUT2D eigenvalue weighted by atomic mass is 79.9. The number of hydrogen-bond donors (Lipinski definition) is 2. The van der Waals surface area contributed by atoms with Crippen LogP contribution in [0.3, 0.4) is 0 Å². The average Bonchev–Trinajstić information content (AvgIpc) is 2.42. The number of hydrogen-bond acceptors (Lipinski definition) is 4. The van der Waals surface area contributed by atoms with E-state index < -0.39 is 10.9 Å². The summed E-state index contributed by atoms with van der Waals surface area (Å²) in [6, 6.07) is 9.28. The number of benzene rings is 2. The molecule has 0 atom stereocenters. The Bertz CT molecular complexity index is 731. The molecule has 21 heavy (non-hydrogen) atoms. The number of rotatable bonds is 4. The van der Waals surface area contributed by atoms with Crippen molar-refractivity contribution in [2.75, 3.05) is 5.32 Å². The van der Waals surface area contributed by atoms with Crippen LogP contribution in [-0.2, 0) is 0 Å². The van der Waals surface area contributed by atoms with E-state index in [-0.39, 0.29) is 16.9 Å². The third-order valence-corrected chi connectivity index (χ3v) is 3.40. The highest BCUT2D eigenvalue weighted by Gasteiger charge is 2.17. The number of nitro benzene ring substituents is 1. The fraction of sp³-hybridized carbons (Fsp3) is 0.0714. The molecular weight excluding hydrogens is 340 g/mol. The summed E-state index contributed by atoms with van der Waals surface area (Å²) < 4.78 is 0.834. The van der Waals surface area contributed by atoms with E-state index in [1.165, 1.54) is 12.1 Å². The number of carboxylic acids is 1. The molecule has 0 aliphatic rings. The molecule has 108 valence electrons. The minimum Gasteiger partial charge on any atom is -0.478 e. The average molecular weight is 351 g/mol. The number of carbonyl (C=O) groups is 1. The monoisotopic (exact) mass is 350 g/mol. The molecule has 7 heteroatoms. The van der Waals surface area contributed by atoms with Gasteiger partial charge in [-0.1, -0.05) is 22.0 Å². The van der Waals surface area contributed by atoms with Crippen LogP contribution >= 0.6 is 15.9 Å². The van der Waals surface area contributed by atoms with Gasteiger partial charge in [-0.25, -0.2) is 4.79 Å². The van der Waals surface area contributed by atoms with Crippen molar-refractivity contribution in [3.8, 4) is 0 Å². The van der Waals surface area contributed by atoms with Crippen LogP contribution in [0.4, 0.5) is 17.1 Å². The van der Waals surface area contributed by atoms with E-state index in [4.69, 9.17) is 5.11 Å². The van der Waals surface area contributed by atoms with Crippen LogP contribution < -0.4 is 5.32 Å².